The first-order valence-electron chi connectivity index (χ1n) is 6.83. The molecule has 0 aromatic rings. The molecule has 17 heavy (non-hydrogen) atoms. The van der Waals surface area contributed by atoms with Crippen LogP contribution in [0.15, 0.2) is 0 Å². The van der Waals surface area contributed by atoms with Gasteiger partial charge in [-0.15, -0.1) is 0 Å². The van der Waals surface area contributed by atoms with Gasteiger partial charge in [-0.25, -0.2) is 0 Å². The van der Waals surface area contributed by atoms with Crippen molar-refractivity contribution in [1.29, 1.82) is 5.26 Å². The quantitative estimate of drug-likeness (QED) is 0.708. The average Bonchev–Trinajstić information content (AvgIpc) is 2.28. The van der Waals surface area contributed by atoms with Gasteiger partial charge in [0.05, 0.1) is 6.07 Å². The maximum Gasteiger partial charge on any atom is 0.102 e. The minimum atomic E-state index is -0.711. The third-order valence-electron chi connectivity index (χ3n) is 3.47. The van der Waals surface area contributed by atoms with E-state index in [9.17, 15) is 0 Å². The molecule has 3 atom stereocenters. The Bertz CT molecular complexity index is 242. The molecule has 0 saturated heterocycles. The van der Waals surface area contributed by atoms with Crippen LogP contribution in [0.1, 0.15) is 60.3 Å². The molecule has 100 valence electrons. The smallest absolute Gasteiger partial charge is 0.102 e. The standard InChI is InChI=1S/C14H29N3/c1-6-8-9-17(12(3)7-2)13(4)10-14(5,16)11-15/h12-13H,6-10,16H2,1-5H3. The number of nitriles is 1. The van der Waals surface area contributed by atoms with Gasteiger partial charge in [0, 0.05) is 12.1 Å². The van der Waals surface area contributed by atoms with E-state index in [0.29, 0.717) is 12.1 Å². The van der Waals surface area contributed by atoms with E-state index in [-0.39, 0.29) is 0 Å². The second-order valence-electron chi connectivity index (χ2n) is 5.43. The van der Waals surface area contributed by atoms with Gasteiger partial charge < -0.3 is 5.73 Å². The Morgan fingerprint density at radius 3 is 2.29 bits per heavy atom. The van der Waals surface area contributed by atoms with Gasteiger partial charge >= 0.3 is 0 Å². The fourth-order valence-corrected chi connectivity index (χ4v) is 2.23. The van der Waals surface area contributed by atoms with Crippen molar-refractivity contribution in [2.75, 3.05) is 6.54 Å². The van der Waals surface area contributed by atoms with Gasteiger partial charge in [0.15, 0.2) is 0 Å². The van der Waals surface area contributed by atoms with Crippen molar-refractivity contribution < 1.29 is 0 Å². The summed E-state index contributed by atoms with van der Waals surface area (Å²) in [6, 6.07) is 3.12. The van der Waals surface area contributed by atoms with Gasteiger partial charge in [0.25, 0.3) is 0 Å². The third-order valence-corrected chi connectivity index (χ3v) is 3.47. The summed E-state index contributed by atoms with van der Waals surface area (Å²) in [5, 5.41) is 9.00. The lowest BCUT2D eigenvalue weighted by Gasteiger charge is -2.36. The van der Waals surface area contributed by atoms with Crippen LogP contribution in [0.2, 0.25) is 0 Å². The van der Waals surface area contributed by atoms with E-state index in [4.69, 9.17) is 11.0 Å². The van der Waals surface area contributed by atoms with Crippen molar-refractivity contribution >= 4 is 0 Å². The zero-order chi connectivity index (χ0) is 13.5. The first-order valence-corrected chi connectivity index (χ1v) is 6.83. The van der Waals surface area contributed by atoms with E-state index in [1.54, 1.807) is 0 Å². The van der Waals surface area contributed by atoms with Crippen molar-refractivity contribution in [1.82, 2.24) is 4.90 Å². The lowest BCUT2D eigenvalue weighted by atomic mass is 9.94. The lowest BCUT2D eigenvalue weighted by molar-refractivity contribution is 0.130. The molecule has 3 nitrogen and oxygen atoms in total. The van der Waals surface area contributed by atoms with E-state index in [0.717, 1.165) is 19.4 Å². The van der Waals surface area contributed by atoms with Gasteiger partial charge in [0.1, 0.15) is 5.54 Å². The molecule has 2 N–H and O–H groups in total. The van der Waals surface area contributed by atoms with Crippen molar-refractivity contribution in [3.8, 4) is 6.07 Å². The Kier molecular flexibility index (Phi) is 7.41. The topological polar surface area (TPSA) is 53.0 Å². The number of hydrogen-bond acceptors (Lipinski definition) is 3. The summed E-state index contributed by atoms with van der Waals surface area (Å²) < 4.78 is 0. The van der Waals surface area contributed by atoms with E-state index in [1.807, 2.05) is 6.92 Å². The lowest BCUT2D eigenvalue weighted by Crippen LogP contribution is -2.47. The van der Waals surface area contributed by atoms with Gasteiger partial charge in [-0.3, -0.25) is 4.90 Å². The molecule has 3 unspecified atom stereocenters. The second-order valence-corrected chi connectivity index (χ2v) is 5.43. The highest BCUT2D eigenvalue weighted by Gasteiger charge is 2.26. The zero-order valence-electron chi connectivity index (χ0n) is 12.2. The second kappa shape index (κ2) is 7.68. The van der Waals surface area contributed by atoms with E-state index < -0.39 is 5.54 Å². The van der Waals surface area contributed by atoms with Crippen LogP contribution in [0.3, 0.4) is 0 Å². The van der Waals surface area contributed by atoms with E-state index in [2.05, 4.69) is 38.7 Å². The summed E-state index contributed by atoms with van der Waals surface area (Å²) in [7, 11) is 0. The SMILES string of the molecule is CCCCN(C(C)CC)C(C)CC(C)(N)C#N. The Labute approximate surface area is 107 Å². The number of nitrogens with two attached hydrogens (primary N) is 1. The minimum absolute atomic E-state index is 0.367. The van der Waals surface area contributed by atoms with Crippen LogP contribution in [-0.4, -0.2) is 29.1 Å². The van der Waals surface area contributed by atoms with Crippen LogP contribution in [0.4, 0.5) is 0 Å². The van der Waals surface area contributed by atoms with Crippen molar-refractivity contribution in [3.63, 3.8) is 0 Å². The molecule has 0 aliphatic heterocycles. The number of unbranched alkanes of at least 4 members (excludes halogenated alkanes) is 1. The maximum atomic E-state index is 9.00. The Morgan fingerprint density at radius 1 is 1.29 bits per heavy atom. The first kappa shape index (κ1) is 16.4. The fourth-order valence-electron chi connectivity index (χ4n) is 2.23. The summed E-state index contributed by atoms with van der Waals surface area (Å²) in [5.41, 5.74) is 5.23. The molecule has 0 saturated carbocycles. The van der Waals surface area contributed by atoms with Gasteiger partial charge in [-0.1, -0.05) is 20.3 Å². The number of hydrogen-bond donors (Lipinski definition) is 1. The molecule has 3 heteroatoms. The summed E-state index contributed by atoms with van der Waals surface area (Å²) in [4.78, 5) is 2.49. The van der Waals surface area contributed by atoms with Gasteiger partial charge in [-0.2, -0.15) is 5.26 Å². The Morgan fingerprint density at radius 2 is 1.88 bits per heavy atom. The van der Waals surface area contributed by atoms with Gasteiger partial charge in [0.2, 0.25) is 0 Å². The van der Waals surface area contributed by atoms with Crippen LogP contribution < -0.4 is 5.73 Å². The average molecular weight is 239 g/mol. The third kappa shape index (κ3) is 6.05. The molecule has 0 radical (unpaired) electrons. The maximum absolute atomic E-state index is 9.00. The van der Waals surface area contributed by atoms with Crippen molar-refractivity contribution in [2.24, 2.45) is 5.73 Å². The molecule has 0 amide bonds. The molecule has 0 rings (SSSR count). The number of nitrogens with zero attached hydrogens (tertiary/aromatic N) is 2. The molecule has 0 aliphatic carbocycles. The predicted octanol–water partition coefficient (Wildman–Crippen LogP) is 2.91. The molecule has 0 spiro atoms. The minimum Gasteiger partial charge on any atom is -0.314 e. The first-order chi connectivity index (χ1) is 7.87. The van der Waals surface area contributed by atoms with E-state index >= 15 is 0 Å². The largest absolute Gasteiger partial charge is 0.314 e. The normalized spacial score (nSPS) is 18.5. The highest BCUT2D eigenvalue weighted by molar-refractivity contribution is 5.03. The van der Waals surface area contributed by atoms with Crippen LogP contribution in [0.25, 0.3) is 0 Å². The van der Waals surface area contributed by atoms with E-state index in [1.165, 1.54) is 12.8 Å². The molecular weight excluding hydrogens is 210 g/mol. The van der Waals surface area contributed by atoms with Gasteiger partial charge in [-0.05, 0) is 46.6 Å². The van der Waals surface area contributed by atoms with Crippen LogP contribution in [0, 0.1) is 11.3 Å². The highest BCUT2D eigenvalue weighted by Crippen LogP contribution is 2.18. The fraction of sp³-hybridized carbons (Fsp3) is 0.929. The summed E-state index contributed by atoms with van der Waals surface area (Å²) in [6.45, 7) is 11.8. The van der Waals surface area contributed by atoms with Crippen LogP contribution in [0.5, 0.6) is 0 Å². The Hall–Kier alpha value is -0.590. The van der Waals surface area contributed by atoms with Crippen LogP contribution >= 0.6 is 0 Å². The molecule has 0 aromatic heterocycles. The van der Waals surface area contributed by atoms with Crippen molar-refractivity contribution in [3.05, 3.63) is 0 Å². The highest BCUT2D eigenvalue weighted by atomic mass is 15.2. The summed E-state index contributed by atoms with van der Waals surface area (Å²) in [5.74, 6) is 0. The predicted molar refractivity (Wildman–Crippen MR) is 73.7 cm³/mol. The molecule has 0 aliphatic rings. The summed E-state index contributed by atoms with van der Waals surface area (Å²) in [6.07, 6.45) is 4.29. The Balaban J connectivity index is 4.52. The molecule has 0 aromatic carbocycles. The van der Waals surface area contributed by atoms with Crippen LogP contribution in [-0.2, 0) is 0 Å². The summed E-state index contributed by atoms with van der Waals surface area (Å²) >= 11 is 0. The zero-order valence-corrected chi connectivity index (χ0v) is 12.2. The molecule has 0 heterocycles. The number of rotatable bonds is 8. The monoisotopic (exact) mass is 239 g/mol. The molecule has 0 fully saturated rings. The molecule has 0 bridgehead atoms. The van der Waals surface area contributed by atoms with Crippen molar-refractivity contribution in [2.45, 2.75) is 77.9 Å². The molecular formula is C14H29N3.